The minimum Gasteiger partial charge on any atom is -0.318 e. The zero-order valence-electron chi connectivity index (χ0n) is 21.0. The minimum absolute atomic E-state index is 0.0917. The van der Waals surface area contributed by atoms with Crippen LogP contribution in [0.4, 0.5) is 0 Å². The number of nitrogens with zero attached hydrogens (tertiary/aromatic N) is 4. The lowest BCUT2D eigenvalue weighted by atomic mass is 10.1. The van der Waals surface area contributed by atoms with Crippen LogP contribution in [0.15, 0.2) is 64.2 Å². The summed E-state index contributed by atoms with van der Waals surface area (Å²) in [5.41, 5.74) is 4.32. The Morgan fingerprint density at radius 2 is 1.78 bits per heavy atom. The Morgan fingerprint density at radius 1 is 1.00 bits per heavy atom. The number of nitrogens with one attached hydrogen (secondary N) is 1. The fourth-order valence-corrected chi connectivity index (χ4v) is 5.74. The fourth-order valence-electron chi connectivity index (χ4n) is 4.81. The number of hydrogen-bond donors (Lipinski definition) is 1. The number of aryl methyl sites for hydroxylation is 1. The van der Waals surface area contributed by atoms with E-state index in [1.54, 1.807) is 6.08 Å². The standard InChI is InChI=1S/C29H31N5OS/c1-4-5-6-7-8-13-26-32-34-27(30)25(28(35)31-29(34)36-26)18-23-16-19(2)33(20(23)3)24-15-14-21-11-9-10-12-22(21)17-24/h9-12,14-18,30H,4-8,13H2,1-3H3/b25-18-,30-27?. The number of hydrogen-bond acceptors (Lipinski definition) is 4. The van der Waals surface area contributed by atoms with Crippen molar-refractivity contribution in [3.63, 3.8) is 0 Å². The SMILES string of the molecule is CCCCCCCC1=NN2C(=N)/C(=C/c3cc(C)n(-c4ccc5ccccc5c4)c3C)C(=O)N=C2S1. The Labute approximate surface area is 216 Å². The van der Waals surface area contributed by atoms with E-state index >= 15 is 0 Å². The Kier molecular flexibility index (Phi) is 6.92. The van der Waals surface area contributed by atoms with Gasteiger partial charge in [0.05, 0.1) is 5.57 Å². The summed E-state index contributed by atoms with van der Waals surface area (Å²) < 4.78 is 2.19. The van der Waals surface area contributed by atoms with Gasteiger partial charge in [0.1, 0.15) is 5.04 Å². The predicted molar refractivity (Wildman–Crippen MR) is 151 cm³/mol. The number of thioether (sulfide) groups is 1. The molecule has 3 heterocycles. The van der Waals surface area contributed by atoms with Gasteiger partial charge in [-0.05, 0) is 79.1 Å². The molecule has 0 fully saturated rings. The molecule has 0 saturated carbocycles. The summed E-state index contributed by atoms with van der Waals surface area (Å²) >= 11 is 1.41. The molecule has 0 bridgehead atoms. The summed E-state index contributed by atoms with van der Waals surface area (Å²) in [5.74, 6) is -0.289. The molecule has 2 aliphatic heterocycles. The van der Waals surface area contributed by atoms with Crippen molar-refractivity contribution in [2.24, 2.45) is 10.1 Å². The first-order valence-electron chi connectivity index (χ1n) is 12.6. The molecule has 2 aromatic carbocycles. The van der Waals surface area contributed by atoms with Crippen LogP contribution in [-0.2, 0) is 4.79 Å². The number of amides is 1. The van der Waals surface area contributed by atoms with E-state index in [-0.39, 0.29) is 17.3 Å². The number of benzene rings is 2. The van der Waals surface area contributed by atoms with E-state index in [9.17, 15) is 4.79 Å². The molecule has 1 N–H and O–H groups in total. The first-order chi connectivity index (χ1) is 17.5. The number of carbonyl (C=O) groups excluding carboxylic acids is 1. The molecular formula is C29H31N5OS. The van der Waals surface area contributed by atoms with Crippen molar-refractivity contribution < 1.29 is 4.79 Å². The molecule has 2 aliphatic rings. The highest BCUT2D eigenvalue weighted by Crippen LogP contribution is 2.31. The van der Waals surface area contributed by atoms with Gasteiger partial charge in [0.15, 0.2) is 5.84 Å². The van der Waals surface area contributed by atoms with E-state index in [0.29, 0.717) is 5.17 Å². The molecule has 0 aliphatic carbocycles. The molecule has 0 radical (unpaired) electrons. The van der Waals surface area contributed by atoms with Gasteiger partial charge in [0, 0.05) is 17.1 Å². The third-order valence-electron chi connectivity index (χ3n) is 6.75. The van der Waals surface area contributed by atoms with E-state index in [1.165, 1.54) is 53.2 Å². The molecule has 0 saturated heterocycles. The zero-order valence-corrected chi connectivity index (χ0v) is 21.9. The van der Waals surface area contributed by atoms with E-state index in [0.717, 1.165) is 40.5 Å². The molecule has 184 valence electrons. The molecule has 0 atom stereocenters. The maximum absolute atomic E-state index is 12.9. The normalized spacial score (nSPS) is 16.6. The van der Waals surface area contributed by atoms with Gasteiger partial charge >= 0.3 is 0 Å². The topological polar surface area (TPSA) is 73.8 Å². The van der Waals surface area contributed by atoms with Crippen LogP contribution in [0.1, 0.15) is 62.4 Å². The number of fused-ring (bicyclic) bond motifs is 2. The minimum atomic E-state index is -0.381. The number of amidine groups is 2. The van der Waals surface area contributed by atoms with Gasteiger partial charge in [-0.1, -0.05) is 62.9 Å². The smallest absolute Gasteiger partial charge is 0.283 e. The molecule has 7 heteroatoms. The van der Waals surface area contributed by atoms with Gasteiger partial charge in [-0.3, -0.25) is 10.2 Å². The van der Waals surface area contributed by atoms with E-state index in [2.05, 4.69) is 64.9 Å². The van der Waals surface area contributed by atoms with E-state index < -0.39 is 0 Å². The summed E-state index contributed by atoms with van der Waals surface area (Å²) in [6.45, 7) is 6.31. The Bertz CT molecular complexity index is 1450. The summed E-state index contributed by atoms with van der Waals surface area (Å²) in [4.78, 5) is 17.2. The summed E-state index contributed by atoms with van der Waals surface area (Å²) in [5, 5.41) is 18.7. The van der Waals surface area contributed by atoms with Crippen molar-refractivity contribution in [2.45, 2.75) is 59.3 Å². The Morgan fingerprint density at radius 3 is 2.58 bits per heavy atom. The molecule has 36 heavy (non-hydrogen) atoms. The Balaban J connectivity index is 1.40. The highest BCUT2D eigenvalue weighted by molar-refractivity contribution is 8.26. The number of hydrazone groups is 1. The second-order valence-corrected chi connectivity index (χ2v) is 10.4. The summed E-state index contributed by atoms with van der Waals surface area (Å²) in [6, 6.07) is 16.8. The average molecular weight is 498 g/mol. The van der Waals surface area contributed by atoms with Gasteiger partial charge in [0.2, 0.25) is 5.17 Å². The molecule has 6 nitrogen and oxygen atoms in total. The highest BCUT2D eigenvalue weighted by Gasteiger charge is 2.35. The highest BCUT2D eigenvalue weighted by atomic mass is 32.2. The second kappa shape index (κ2) is 10.3. The second-order valence-electron chi connectivity index (χ2n) is 9.37. The van der Waals surface area contributed by atoms with Crippen molar-refractivity contribution in [2.75, 3.05) is 0 Å². The number of carbonyl (C=O) groups is 1. The van der Waals surface area contributed by atoms with Crippen molar-refractivity contribution in [1.82, 2.24) is 9.58 Å². The third kappa shape index (κ3) is 4.67. The van der Waals surface area contributed by atoms with Crippen LogP contribution in [0, 0.1) is 19.3 Å². The van der Waals surface area contributed by atoms with Crippen molar-refractivity contribution >= 4 is 50.6 Å². The number of unbranched alkanes of at least 4 members (excludes halogenated alkanes) is 4. The van der Waals surface area contributed by atoms with Crippen LogP contribution in [0.25, 0.3) is 22.5 Å². The fraction of sp³-hybridized carbons (Fsp3) is 0.310. The molecule has 0 spiro atoms. The van der Waals surface area contributed by atoms with Gasteiger partial charge in [-0.15, -0.1) is 0 Å². The van der Waals surface area contributed by atoms with Crippen molar-refractivity contribution in [1.29, 1.82) is 5.41 Å². The van der Waals surface area contributed by atoms with Gasteiger partial charge < -0.3 is 4.57 Å². The lowest BCUT2D eigenvalue weighted by Gasteiger charge is -2.20. The predicted octanol–water partition coefficient (Wildman–Crippen LogP) is 7.23. The molecule has 1 amide bonds. The summed E-state index contributed by atoms with van der Waals surface area (Å²) in [6.07, 6.45) is 8.60. The first-order valence-corrected chi connectivity index (χ1v) is 13.4. The van der Waals surface area contributed by atoms with Crippen molar-refractivity contribution in [3.8, 4) is 5.69 Å². The van der Waals surface area contributed by atoms with E-state index in [1.807, 2.05) is 19.1 Å². The van der Waals surface area contributed by atoms with Crippen LogP contribution in [0.3, 0.4) is 0 Å². The molecular weight excluding hydrogens is 466 g/mol. The quantitative estimate of drug-likeness (QED) is 0.264. The first kappa shape index (κ1) is 24.3. The third-order valence-corrected chi connectivity index (χ3v) is 7.72. The lowest BCUT2D eigenvalue weighted by molar-refractivity contribution is -0.114. The van der Waals surface area contributed by atoms with Crippen LogP contribution < -0.4 is 0 Å². The molecule has 5 rings (SSSR count). The molecule has 1 aromatic heterocycles. The molecule has 0 unspecified atom stereocenters. The number of aromatic nitrogens is 1. The van der Waals surface area contributed by atoms with Crippen LogP contribution in [0.5, 0.6) is 0 Å². The lowest BCUT2D eigenvalue weighted by Crippen LogP contribution is -2.35. The molecule has 3 aromatic rings. The van der Waals surface area contributed by atoms with Gasteiger partial charge in [-0.25, -0.2) is 0 Å². The van der Waals surface area contributed by atoms with Gasteiger partial charge in [0.25, 0.3) is 5.91 Å². The number of rotatable bonds is 8. The van der Waals surface area contributed by atoms with Crippen LogP contribution in [0.2, 0.25) is 0 Å². The van der Waals surface area contributed by atoms with E-state index in [4.69, 9.17) is 5.41 Å². The summed E-state index contributed by atoms with van der Waals surface area (Å²) in [7, 11) is 0. The zero-order chi connectivity index (χ0) is 25.2. The maximum atomic E-state index is 12.9. The maximum Gasteiger partial charge on any atom is 0.283 e. The average Bonchev–Trinajstić information content (AvgIpc) is 3.40. The number of aliphatic imine (C=N–C) groups is 1. The Hall–Kier alpha value is -3.45. The van der Waals surface area contributed by atoms with Gasteiger partial charge in [-0.2, -0.15) is 15.1 Å². The van der Waals surface area contributed by atoms with Crippen LogP contribution >= 0.6 is 11.8 Å². The van der Waals surface area contributed by atoms with Crippen LogP contribution in [-0.4, -0.2) is 31.5 Å². The van der Waals surface area contributed by atoms with Crippen molar-refractivity contribution in [3.05, 3.63) is 71.1 Å². The largest absolute Gasteiger partial charge is 0.318 e. The monoisotopic (exact) mass is 497 g/mol.